The smallest absolute Gasteiger partial charge is 0.328 e. The molecule has 2 aromatic carbocycles. The third kappa shape index (κ3) is 5.33. The lowest BCUT2D eigenvalue weighted by Crippen LogP contribution is -2.20. The molecule has 152 valence electrons. The van der Waals surface area contributed by atoms with Gasteiger partial charge in [0.1, 0.15) is 5.82 Å². The number of imidazole rings is 1. The number of benzene rings is 2. The number of fused-ring (bicyclic) bond motifs is 1. The molecule has 1 aromatic heterocycles. The highest BCUT2D eigenvalue weighted by atomic mass is 32.2. The first-order chi connectivity index (χ1) is 13.6. The number of aromatic nitrogens is 2. The number of aryl methyl sites for hydroxylation is 1. The van der Waals surface area contributed by atoms with Crippen LogP contribution in [-0.2, 0) is 12.0 Å². The quantitative estimate of drug-likeness (QED) is 0.404. The predicted molar refractivity (Wildman–Crippen MR) is 111 cm³/mol. The third-order valence-electron chi connectivity index (χ3n) is 4.43. The van der Waals surface area contributed by atoms with Gasteiger partial charge in [0.05, 0.1) is 17.6 Å². The Balaban J connectivity index is 1.90. The first kappa shape index (κ1) is 21.3. The van der Waals surface area contributed by atoms with Crippen LogP contribution in [0.1, 0.15) is 39.4 Å². The van der Waals surface area contributed by atoms with E-state index in [0.29, 0.717) is 5.69 Å². The van der Waals surface area contributed by atoms with Crippen LogP contribution in [0.15, 0.2) is 52.3 Å². The summed E-state index contributed by atoms with van der Waals surface area (Å²) in [5.74, 6) is 0.790. The minimum absolute atomic E-state index is 0.0297. The van der Waals surface area contributed by atoms with Crippen molar-refractivity contribution in [2.75, 3.05) is 0 Å². The topological polar surface area (TPSA) is 22.2 Å². The minimum Gasteiger partial charge on any atom is -0.328 e. The van der Waals surface area contributed by atoms with Gasteiger partial charge in [0, 0.05) is 28.2 Å². The van der Waals surface area contributed by atoms with Crippen molar-refractivity contribution in [3.8, 4) is 0 Å². The fourth-order valence-corrected chi connectivity index (χ4v) is 3.99. The molecule has 0 aliphatic carbocycles. The zero-order valence-electron chi connectivity index (χ0n) is 16.5. The largest absolute Gasteiger partial charge is 0.389 e. The summed E-state index contributed by atoms with van der Waals surface area (Å²) in [6, 6.07) is 13.2. The molecule has 0 saturated heterocycles. The van der Waals surface area contributed by atoms with Crippen LogP contribution in [0, 0.1) is 6.57 Å². The maximum atomic E-state index is 12.6. The van der Waals surface area contributed by atoms with E-state index in [1.807, 2.05) is 55.7 Å². The van der Waals surface area contributed by atoms with Gasteiger partial charge in [-0.2, -0.15) is 13.2 Å². The zero-order valence-corrected chi connectivity index (χ0v) is 17.4. The van der Waals surface area contributed by atoms with Crippen molar-refractivity contribution in [2.24, 2.45) is 0 Å². The molecule has 1 heterocycles. The molecule has 3 aromatic rings. The third-order valence-corrected chi connectivity index (χ3v) is 5.43. The summed E-state index contributed by atoms with van der Waals surface area (Å²) in [5.41, 5.74) is 1.95. The first-order valence-corrected chi connectivity index (χ1v) is 10.1. The molecule has 0 fully saturated rings. The molecule has 0 unspecified atom stereocenters. The molecule has 0 N–H and O–H groups in total. The molecule has 0 aliphatic heterocycles. The van der Waals surface area contributed by atoms with Gasteiger partial charge in [-0.25, -0.2) is 9.83 Å². The zero-order chi connectivity index (χ0) is 21.2. The lowest BCUT2D eigenvalue weighted by molar-refractivity contribution is -0.135. The molecule has 29 heavy (non-hydrogen) atoms. The normalized spacial score (nSPS) is 12.3. The van der Waals surface area contributed by atoms with Crippen LogP contribution in [0.25, 0.3) is 15.9 Å². The van der Waals surface area contributed by atoms with E-state index in [1.165, 1.54) is 0 Å². The van der Waals surface area contributed by atoms with Crippen LogP contribution in [0.4, 0.5) is 18.9 Å². The Hall–Kier alpha value is -2.46. The second-order valence-electron chi connectivity index (χ2n) is 7.91. The highest BCUT2D eigenvalue weighted by Crippen LogP contribution is 2.33. The van der Waals surface area contributed by atoms with E-state index in [4.69, 9.17) is 11.6 Å². The van der Waals surface area contributed by atoms with Crippen molar-refractivity contribution >= 4 is 28.5 Å². The van der Waals surface area contributed by atoms with E-state index in [1.54, 1.807) is 23.9 Å². The van der Waals surface area contributed by atoms with Crippen molar-refractivity contribution in [1.29, 1.82) is 0 Å². The molecular formula is C22H22F3N3S. The van der Waals surface area contributed by atoms with Gasteiger partial charge < -0.3 is 4.57 Å². The monoisotopic (exact) mass is 417 g/mol. The van der Waals surface area contributed by atoms with Gasteiger partial charge in [0.2, 0.25) is 0 Å². The van der Waals surface area contributed by atoms with Gasteiger partial charge >= 0.3 is 6.18 Å². The van der Waals surface area contributed by atoms with E-state index in [2.05, 4.69) is 4.85 Å². The summed E-state index contributed by atoms with van der Waals surface area (Å²) in [6.07, 6.45) is -4.92. The van der Waals surface area contributed by atoms with E-state index >= 15 is 0 Å². The standard InChI is InChI=1S/C22H22F3N3S/c1-21(2,3)20-27-18-14-17(29-16-8-6-15(26-4)7-9-16)10-11-19(18)28(20)13-5-12-22(23,24)25/h6-11,14H,5,12-13H2,1-3H3. The Labute approximate surface area is 172 Å². The summed E-state index contributed by atoms with van der Waals surface area (Å²) in [5, 5.41) is 0. The summed E-state index contributed by atoms with van der Waals surface area (Å²) in [7, 11) is 0. The SMILES string of the molecule is [C-]#[N+]c1ccc(Sc2ccc3c(c2)nc(C(C)(C)C)n3CCCC(F)(F)F)cc1. The Kier molecular flexibility index (Phi) is 5.95. The number of rotatable bonds is 5. The number of hydrogen-bond acceptors (Lipinski definition) is 2. The summed E-state index contributed by atoms with van der Waals surface area (Å²) in [6.45, 7) is 13.4. The van der Waals surface area contributed by atoms with E-state index in [0.717, 1.165) is 26.6 Å². The molecule has 0 amide bonds. The van der Waals surface area contributed by atoms with Crippen LogP contribution in [-0.4, -0.2) is 15.7 Å². The molecule has 7 heteroatoms. The molecule has 0 spiro atoms. The van der Waals surface area contributed by atoms with Crippen molar-refractivity contribution < 1.29 is 13.2 Å². The highest BCUT2D eigenvalue weighted by Gasteiger charge is 2.28. The molecule has 0 radical (unpaired) electrons. The molecule has 0 saturated carbocycles. The van der Waals surface area contributed by atoms with Crippen molar-refractivity contribution in [3.05, 3.63) is 59.7 Å². The van der Waals surface area contributed by atoms with Crippen molar-refractivity contribution in [1.82, 2.24) is 9.55 Å². The van der Waals surface area contributed by atoms with Gasteiger partial charge in [-0.15, -0.1) is 0 Å². The second-order valence-corrected chi connectivity index (χ2v) is 9.06. The van der Waals surface area contributed by atoms with Crippen LogP contribution in [0.2, 0.25) is 0 Å². The van der Waals surface area contributed by atoms with Crippen LogP contribution in [0.3, 0.4) is 0 Å². The van der Waals surface area contributed by atoms with Gasteiger partial charge in [0.15, 0.2) is 5.69 Å². The molecule has 0 aliphatic rings. The fraction of sp³-hybridized carbons (Fsp3) is 0.364. The second kappa shape index (κ2) is 8.11. The number of hydrogen-bond donors (Lipinski definition) is 0. The maximum Gasteiger partial charge on any atom is 0.389 e. The average molecular weight is 418 g/mol. The van der Waals surface area contributed by atoms with E-state index in [9.17, 15) is 13.2 Å². The van der Waals surface area contributed by atoms with Crippen LogP contribution >= 0.6 is 11.8 Å². The van der Waals surface area contributed by atoms with E-state index < -0.39 is 12.6 Å². The molecule has 3 rings (SSSR count). The van der Waals surface area contributed by atoms with Crippen molar-refractivity contribution in [2.45, 2.75) is 61.5 Å². The number of nitrogens with zero attached hydrogens (tertiary/aromatic N) is 3. The van der Waals surface area contributed by atoms with Gasteiger partial charge in [0.25, 0.3) is 0 Å². The van der Waals surface area contributed by atoms with Gasteiger partial charge in [-0.1, -0.05) is 56.8 Å². The Morgan fingerprint density at radius 1 is 1.03 bits per heavy atom. The Morgan fingerprint density at radius 3 is 2.28 bits per heavy atom. The summed E-state index contributed by atoms with van der Waals surface area (Å²) < 4.78 is 39.7. The molecule has 3 nitrogen and oxygen atoms in total. The first-order valence-electron chi connectivity index (χ1n) is 9.30. The molecule has 0 atom stereocenters. The lowest BCUT2D eigenvalue weighted by atomic mass is 9.95. The minimum atomic E-state index is -4.15. The summed E-state index contributed by atoms with van der Waals surface area (Å²) >= 11 is 1.56. The highest BCUT2D eigenvalue weighted by molar-refractivity contribution is 7.99. The Morgan fingerprint density at radius 2 is 1.69 bits per heavy atom. The number of alkyl halides is 3. The molecular weight excluding hydrogens is 395 g/mol. The van der Waals surface area contributed by atoms with Crippen molar-refractivity contribution in [3.63, 3.8) is 0 Å². The number of halogens is 3. The predicted octanol–water partition coefficient (Wildman–Crippen LogP) is 7.38. The Bertz CT molecular complexity index is 1040. The van der Waals surface area contributed by atoms with Crippen LogP contribution < -0.4 is 0 Å². The molecule has 0 bridgehead atoms. The lowest BCUT2D eigenvalue weighted by Gasteiger charge is -2.20. The van der Waals surface area contributed by atoms with E-state index in [-0.39, 0.29) is 18.4 Å². The van der Waals surface area contributed by atoms with Gasteiger partial charge in [-0.05, 0) is 24.6 Å². The van der Waals surface area contributed by atoms with Gasteiger partial charge in [-0.3, -0.25) is 0 Å². The fourth-order valence-electron chi connectivity index (χ4n) is 3.13. The summed E-state index contributed by atoms with van der Waals surface area (Å²) in [4.78, 5) is 10.2. The maximum absolute atomic E-state index is 12.6. The average Bonchev–Trinajstić information content (AvgIpc) is 3.00. The van der Waals surface area contributed by atoms with Crippen LogP contribution in [0.5, 0.6) is 0 Å².